The topological polar surface area (TPSA) is 61.9 Å². The molecule has 2 amide bonds. The maximum atomic E-state index is 12.8. The molecule has 170 valence electrons. The number of nitrogens with one attached hydrogen (secondary N) is 1. The lowest BCUT2D eigenvalue weighted by Crippen LogP contribution is -2.48. The second-order valence-corrected chi connectivity index (χ2v) is 8.35. The van der Waals surface area contributed by atoms with Gasteiger partial charge in [-0.3, -0.25) is 9.59 Å². The molecule has 33 heavy (non-hydrogen) atoms. The molecule has 7 heteroatoms. The van der Waals surface area contributed by atoms with Crippen LogP contribution in [0, 0.1) is 6.92 Å². The standard InChI is InChI=1S/C26H26ClN3O3/c1-18-5-3-4-6-22(18)26(32)30-15-13-29(14-16-30)21-10-8-20(9-11-21)28-25(31)19-7-12-24(33-2)23(27)17-19/h3-12,17H,13-16H2,1-2H3,(H,28,31). The summed E-state index contributed by atoms with van der Waals surface area (Å²) < 4.78 is 5.13. The van der Waals surface area contributed by atoms with Crippen LogP contribution in [0.5, 0.6) is 5.75 Å². The van der Waals surface area contributed by atoms with Crippen molar-refractivity contribution in [1.29, 1.82) is 0 Å². The Hall–Kier alpha value is -3.51. The van der Waals surface area contributed by atoms with Crippen molar-refractivity contribution in [3.8, 4) is 5.75 Å². The number of hydrogen-bond donors (Lipinski definition) is 1. The molecule has 0 saturated carbocycles. The zero-order valence-corrected chi connectivity index (χ0v) is 19.4. The molecule has 0 atom stereocenters. The van der Waals surface area contributed by atoms with Gasteiger partial charge in [-0.15, -0.1) is 0 Å². The van der Waals surface area contributed by atoms with Crippen LogP contribution < -0.4 is 15.0 Å². The summed E-state index contributed by atoms with van der Waals surface area (Å²) in [5.74, 6) is 0.373. The van der Waals surface area contributed by atoms with E-state index in [2.05, 4.69) is 10.2 Å². The predicted molar refractivity (Wildman–Crippen MR) is 132 cm³/mol. The first-order valence-electron chi connectivity index (χ1n) is 10.8. The van der Waals surface area contributed by atoms with Crippen LogP contribution in [-0.4, -0.2) is 50.0 Å². The maximum absolute atomic E-state index is 12.8. The Morgan fingerprint density at radius 2 is 1.64 bits per heavy atom. The molecule has 4 rings (SSSR count). The van der Waals surface area contributed by atoms with Gasteiger partial charge in [-0.25, -0.2) is 0 Å². The number of methoxy groups -OCH3 is 1. The molecule has 1 aliphatic heterocycles. The van der Waals surface area contributed by atoms with E-state index in [9.17, 15) is 9.59 Å². The minimum atomic E-state index is -0.240. The first-order valence-corrected chi connectivity index (χ1v) is 11.2. The minimum absolute atomic E-state index is 0.0874. The molecule has 1 fully saturated rings. The number of rotatable bonds is 5. The van der Waals surface area contributed by atoms with Gasteiger partial charge in [0.2, 0.25) is 0 Å². The molecule has 0 bridgehead atoms. The number of hydrogen-bond acceptors (Lipinski definition) is 4. The van der Waals surface area contributed by atoms with Gasteiger partial charge in [0.1, 0.15) is 5.75 Å². The lowest BCUT2D eigenvalue weighted by atomic mass is 10.1. The fourth-order valence-corrected chi connectivity index (χ4v) is 4.18. The minimum Gasteiger partial charge on any atom is -0.495 e. The Labute approximate surface area is 198 Å². The number of anilines is 2. The molecule has 1 N–H and O–H groups in total. The van der Waals surface area contributed by atoms with E-state index in [0.717, 1.165) is 29.9 Å². The van der Waals surface area contributed by atoms with Crippen molar-refractivity contribution in [1.82, 2.24) is 4.90 Å². The van der Waals surface area contributed by atoms with Crippen LogP contribution in [0.1, 0.15) is 26.3 Å². The van der Waals surface area contributed by atoms with Gasteiger partial charge in [0.05, 0.1) is 12.1 Å². The van der Waals surface area contributed by atoms with Crippen molar-refractivity contribution in [2.75, 3.05) is 43.5 Å². The van der Waals surface area contributed by atoms with Crippen LogP contribution in [-0.2, 0) is 0 Å². The quantitative estimate of drug-likeness (QED) is 0.586. The molecule has 0 unspecified atom stereocenters. The largest absolute Gasteiger partial charge is 0.495 e. The van der Waals surface area contributed by atoms with Crippen LogP contribution in [0.15, 0.2) is 66.7 Å². The van der Waals surface area contributed by atoms with Crippen LogP contribution in [0.25, 0.3) is 0 Å². The van der Waals surface area contributed by atoms with Gasteiger partial charge in [0, 0.05) is 48.7 Å². The SMILES string of the molecule is COc1ccc(C(=O)Nc2ccc(N3CCN(C(=O)c4ccccc4C)CC3)cc2)cc1Cl. The molecule has 3 aromatic rings. The molecule has 1 aliphatic rings. The highest BCUT2D eigenvalue weighted by atomic mass is 35.5. The Bertz CT molecular complexity index is 1160. The Kier molecular flexibility index (Phi) is 6.84. The molecule has 0 aliphatic carbocycles. The lowest BCUT2D eigenvalue weighted by Gasteiger charge is -2.36. The second-order valence-electron chi connectivity index (χ2n) is 7.94. The Balaban J connectivity index is 1.34. The Morgan fingerprint density at radius 1 is 0.939 bits per heavy atom. The number of piperazine rings is 1. The average molecular weight is 464 g/mol. The average Bonchev–Trinajstić information content (AvgIpc) is 2.84. The molecule has 0 spiro atoms. The maximum Gasteiger partial charge on any atom is 0.255 e. The van der Waals surface area contributed by atoms with E-state index in [-0.39, 0.29) is 11.8 Å². The number of carbonyl (C=O) groups excluding carboxylic acids is 2. The lowest BCUT2D eigenvalue weighted by molar-refractivity contribution is 0.0746. The van der Waals surface area contributed by atoms with E-state index < -0.39 is 0 Å². The summed E-state index contributed by atoms with van der Waals surface area (Å²) in [6.45, 7) is 4.82. The highest BCUT2D eigenvalue weighted by molar-refractivity contribution is 6.32. The third kappa shape index (κ3) is 5.12. The molecule has 3 aromatic carbocycles. The van der Waals surface area contributed by atoms with Gasteiger partial charge in [0.25, 0.3) is 11.8 Å². The number of aryl methyl sites for hydroxylation is 1. The van der Waals surface area contributed by atoms with E-state index in [1.54, 1.807) is 18.2 Å². The van der Waals surface area contributed by atoms with Gasteiger partial charge in [-0.05, 0) is 61.0 Å². The first kappa shape index (κ1) is 22.7. The monoisotopic (exact) mass is 463 g/mol. The molecule has 1 heterocycles. The van der Waals surface area contributed by atoms with Gasteiger partial charge in [-0.1, -0.05) is 29.8 Å². The predicted octanol–water partition coefficient (Wildman–Crippen LogP) is 4.87. The third-order valence-corrected chi connectivity index (χ3v) is 6.14. The van der Waals surface area contributed by atoms with E-state index >= 15 is 0 Å². The van der Waals surface area contributed by atoms with Crippen molar-refractivity contribution < 1.29 is 14.3 Å². The van der Waals surface area contributed by atoms with Gasteiger partial charge < -0.3 is 19.9 Å². The number of nitrogens with zero attached hydrogens (tertiary/aromatic N) is 2. The number of halogens is 1. The first-order chi connectivity index (χ1) is 16.0. The molecule has 0 aromatic heterocycles. The van der Waals surface area contributed by atoms with E-state index in [4.69, 9.17) is 16.3 Å². The van der Waals surface area contributed by atoms with Crippen molar-refractivity contribution in [2.24, 2.45) is 0 Å². The summed E-state index contributed by atoms with van der Waals surface area (Å²) >= 11 is 6.12. The normalized spacial score (nSPS) is 13.5. The van der Waals surface area contributed by atoms with E-state index in [1.807, 2.05) is 60.4 Å². The van der Waals surface area contributed by atoms with Crippen molar-refractivity contribution in [2.45, 2.75) is 6.92 Å². The van der Waals surface area contributed by atoms with Crippen molar-refractivity contribution >= 4 is 34.8 Å². The summed E-state index contributed by atoms with van der Waals surface area (Å²) in [5.41, 5.74) is 3.98. The van der Waals surface area contributed by atoms with E-state index in [1.165, 1.54) is 7.11 Å². The third-order valence-electron chi connectivity index (χ3n) is 5.85. The van der Waals surface area contributed by atoms with E-state index in [0.29, 0.717) is 35.1 Å². The van der Waals surface area contributed by atoms with Gasteiger partial charge in [-0.2, -0.15) is 0 Å². The summed E-state index contributed by atoms with van der Waals surface area (Å²) in [4.78, 5) is 29.5. The highest BCUT2D eigenvalue weighted by Gasteiger charge is 2.23. The number of amides is 2. The second kappa shape index (κ2) is 9.96. The summed E-state index contributed by atoms with van der Waals surface area (Å²) in [6, 6.07) is 20.3. The number of carbonyl (C=O) groups is 2. The van der Waals surface area contributed by atoms with Crippen LogP contribution >= 0.6 is 11.6 Å². The smallest absolute Gasteiger partial charge is 0.255 e. The summed E-state index contributed by atoms with van der Waals surface area (Å²) in [6.07, 6.45) is 0. The molecule has 6 nitrogen and oxygen atoms in total. The number of ether oxygens (including phenoxy) is 1. The van der Waals surface area contributed by atoms with Gasteiger partial charge >= 0.3 is 0 Å². The summed E-state index contributed by atoms with van der Waals surface area (Å²) in [7, 11) is 1.53. The molecule has 0 radical (unpaired) electrons. The highest BCUT2D eigenvalue weighted by Crippen LogP contribution is 2.26. The number of benzene rings is 3. The van der Waals surface area contributed by atoms with Crippen molar-refractivity contribution in [3.05, 3.63) is 88.4 Å². The van der Waals surface area contributed by atoms with Crippen molar-refractivity contribution in [3.63, 3.8) is 0 Å². The van der Waals surface area contributed by atoms with Crippen LogP contribution in [0.3, 0.4) is 0 Å². The Morgan fingerprint density at radius 3 is 2.27 bits per heavy atom. The molecular formula is C26H26ClN3O3. The molecule has 1 saturated heterocycles. The summed E-state index contributed by atoms with van der Waals surface area (Å²) in [5, 5.41) is 3.28. The van der Waals surface area contributed by atoms with Gasteiger partial charge in [0.15, 0.2) is 0 Å². The van der Waals surface area contributed by atoms with Crippen LogP contribution in [0.4, 0.5) is 11.4 Å². The van der Waals surface area contributed by atoms with Crippen LogP contribution in [0.2, 0.25) is 5.02 Å². The fraction of sp³-hybridized carbons (Fsp3) is 0.231. The zero-order valence-electron chi connectivity index (χ0n) is 18.7. The molecular weight excluding hydrogens is 438 g/mol. The zero-order chi connectivity index (χ0) is 23.4. The fourth-order valence-electron chi connectivity index (χ4n) is 3.92.